The molecule has 1 aromatic carbocycles. The first-order chi connectivity index (χ1) is 13.3. The molecule has 0 radical (unpaired) electrons. The van der Waals surface area contributed by atoms with Crippen LogP contribution in [0.1, 0.15) is 24.1 Å². The Morgan fingerprint density at radius 1 is 0.926 bits per heavy atom. The summed E-state index contributed by atoms with van der Waals surface area (Å²) in [6, 6.07) is 12.8. The molecule has 5 nitrogen and oxygen atoms in total. The van der Waals surface area contributed by atoms with Crippen LogP contribution in [0.4, 0.5) is 0 Å². The van der Waals surface area contributed by atoms with E-state index in [2.05, 4.69) is 26.9 Å². The van der Waals surface area contributed by atoms with E-state index in [1.807, 2.05) is 30.5 Å². The highest BCUT2D eigenvalue weighted by atomic mass is 16.5. The molecule has 0 aliphatic carbocycles. The van der Waals surface area contributed by atoms with Crippen LogP contribution in [0.2, 0.25) is 0 Å². The molecule has 3 saturated heterocycles. The van der Waals surface area contributed by atoms with Gasteiger partial charge in [0.25, 0.3) is 0 Å². The number of rotatable bonds is 6. The molecule has 4 heterocycles. The lowest BCUT2D eigenvalue weighted by Crippen LogP contribution is -2.43. The van der Waals surface area contributed by atoms with E-state index < -0.39 is 0 Å². The van der Waals surface area contributed by atoms with Crippen molar-refractivity contribution < 1.29 is 9.47 Å². The zero-order chi connectivity index (χ0) is 18.6. The van der Waals surface area contributed by atoms with Crippen molar-refractivity contribution in [3.63, 3.8) is 0 Å². The van der Waals surface area contributed by atoms with Crippen molar-refractivity contribution in [3.8, 4) is 11.5 Å². The van der Waals surface area contributed by atoms with E-state index in [-0.39, 0.29) is 0 Å². The van der Waals surface area contributed by atoms with Gasteiger partial charge >= 0.3 is 0 Å². The summed E-state index contributed by atoms with van der Waals surface area (Å²) in [4.78, 5) is 9.74. The van der Waals surface area contributed by atoms with Gasteiger partial charge in [0.1, 0.15) is 11.5 Å². The van der Waals surface area contributed by atoms with Crippen LogP contribution in [0.25, 0.3) is 0 Å². The lowest BCUT2D eigenvalue weighted by molar-refractivity contribution is 0.120. The molecule has 3 fully saturated rings. The molecule has 2 atom stereocenters. The predicted molar refractivity (Wildman–Crippen MR) is 106 cm³/mol. The Kier molecular flexibility index (Phi) is 5.60. The molecule has 2 aromatic rings. The molecular formula is C22H29N3O2. The third-order valence-corrected chi connectivity index (χ3v) is 5.91. The molecule has 5 heteroatoms. The number of ether oxygens (including phenoxy) is 2. The molecule has 0 saturated carbocycles. The zero-order valence-corrected chi connectivity index (χ0v) is 16.3. The van der Waals surface area contributed by atoms with Crippen molar-refractivity contribution in [3.05, 3.63) is 53.9 Å². The summed E-state index contributed by atoms with van der Waals surface area (Å²) in [5, 5.41) is 0. The summed E-state index contributed by atoms with van der Waals surface area (Å²) >= 11 is 0. The maximum Gasteiger partial charge on any atom is 0.127 e. The monoisotopic (exact) mass is 367 g/mol. The molecule has 0 amide bonds. The quantitative estimate of drug-likeness (QED) is 0.784. The Balaban J connectivity index is 1.50. The zero-order valence-electron chi connectivity index (χ0n) is 16.3. The van der Waals surface area contributed by atoms with Gasteiger partial charge in [-0.15, -0.1) is 0 Å². The van der Waals surface area contributed by atoms with Gasteiger partial charge in [0.15, 0.2) is 0 Å². The van der Waals surface area contributed by atoms with Crippen molar-refractivity contribution in [2.45, 2.75) is 32.0 Å². The van der Waals surface area contributed by atoms with Gasteiger partial charge in [-0.1, -0.05) is 12.1 Å². The Labute approximate surface area is 161 Å². The minimum Gasteiger partial charge on any atom is -0.496 e. The Morgan fingerprint density at radius 3 is 2.44 bits per heavy atom. The number of pyridine rings is 1. The van der Waals surface area contributed by atoms with E-state index in [0.29, 0.717) is 12.0 Å². The minimum absolute atomic E-state index is 0.571. The Bertz CT molecular complexity index is 730. The molecule has 2 bridgehead atoms. The van der Waals surface area contributed by atoms with E-state index in [4.69, 9.17) is 9.47 Å². The third kappa shape index (κ3) is 4.09. The van der Waals surface area contributed by atoms with Crippen molar-refractivity contribution in [1.29, 1.82) is 0 Å². The molecule has 0 N–H and O–H groups in total. The topological polar surface area (TPSA) is 37.8 Å². The highest BCUT2D eigenvalue weighted by Crippen LogP contribution is 2.34. The smallest absolute Gasteiger partial charge is 0.127 e. The van der Waals surface area contributed by atoms with Crippen LogP contribution in [-0.4, -0.2) is 54.7 Å². The first kappa shape index (κ1) is 18.3. The highest BCUT2D eigenvalue weighted by molar-refractivity contribution is 5.44. The number of methoxy groups -OCH3 is 2. The second kappa shape index (κ2) is 8.28. The Morgan fingerprint density at radius 2 is 1.74 bits per heavy atom. The number of benzene rings is 1. The maximum absolute atomic E-state index is 5.62. The first-order valence-electron chi connectivity index (χ1n) is 9.83. The van der Waals surface area contributed by atoms with Gasteiger partial charge in [0.05, 0.1) is 25.5 Å². The number of fused-ring (bicyclic) bond motifs is 4. The second-order valence-electron chi connectivity index (χ2n) is 7.68. The largest absolute Gasteiger partial charge is 0.496 e. The first-order valence-corrected chi connectivity index (χ1v) is 9.83. The fraction of sp³-hybridized carbons (Fsp3) is 0.500. The van der Waals surface area contributed by atoms with Crippen molar-refractivity contribution >= 4 is 0 Å². The Hall–Kier alpha value is -2.11. The van der Waals surface area contributed by atoms with Crippen molar-refractivity contribution in [2.24, 2.45) is 5.92 Å². The lowest BCUT2D eigenvalue weighted by Gasteiger charge is -2.36. The van der Waals surface area contributed by atoms with E-state index in [1.54, 1.807) is 14.2 Å². The molecule has 0 unspecified atom stereocenters. The summed E-state index contributed by atoms with van der Waals surface area (Å²) in [5.41, 5.74) is 2.32. The average Bonchev–Trinajstić information content (AvgIpc) is 2.99. The van der Waals surface area contributed by atoms with E-state index >= 15 is 0 Å². The van der Waals surface area contributed by atoms with Gasteiger partial charge < -0.3 is 9.47 Å². The van der Waals surface area contributed by atoms with Crippen LogP contribution in [0.15, 0.2) is 42.6 Å². The van der Waals surface area contributed by atoms with Gasteiger partial charge in [-0.2, -0.15) is 0 Å². The number of hydrogen-bond acceptors (Lipinski definition) is 5. The molecular weight excluding hydrogens is 338 g/mol. The summed E-state index contributed by atoms with van der Waals surface area (Å²) in [5.74, 6) is 2.55. The van der Waals surface area contributed by atoms with Gasteiger partial charge in [0, 0.05) is 45.0 Å². The van der Waals surface area contributed by atoms with Crippen LogP contribution in [0.5, 0.6) is 11.5 Å². The van der Waals surface area contributed by atoms with E-state index in [1.165, 1.54) is 12.8 Å². The highest BCUT2D eigenvalue weighted by Gasteiger charge is 2.35. The average molecular weight is 367 g/mol. The fourth-order valence-corrected chi connectivity index (χ4v) is 4.61. The molecule has 5 rings (SSSR count). The third-order valence-electron chi connectivity index (χ3n) is 5.91. The lowest BCUT2D eigenvalue weighted by atomic mass is 9.94. The van der Waals surface area contributed by atoms with Gasteiger partial charge in [0.2, 0.25) is 0 Å². The summed E-state index contributed by atoms with van der Waals surface area (Å²) < 4.78 is 11.2. The summed E-state index contributed by atoms with van der Waals surface area (Å²) in [6.45, 7) is 5.23. The van der Waals surface area contributed by atoms with Gasteiger partial charge in [-0.05, 0) is 43.0 Å². The summed E-state index contributed by atoms with van der Waals surface area (Å²) in [7, 11) is 3.48. The van der Waals surface area contributed by atoms with Crippen LogP contribution in [-0.2, 0) is 13.1 Å². The normalized spacial score (nSPS) is 23.2. The van der Waals surface area contributed by atoms with E-state index in [0.717, 1.165) is 55.5 Å². The number of piperidine rings is 1. The molecule has 3 aliphatic rings. The predicted octanol–water partition coefficient (Wildman–Crippen LogP) is 3.20. The number of aromatic nitrogens is 1. The van der Waals surface area contributed by atoms with Crippen LogP contribution in [0.3, 0.4) is 0 Å². The van der Waals surface area contributed by atoms with Crippen LogP contribution < -0.4 is 9.47 Å². The number of hydrogen-bond donors (Lipinski definition) is 0. The van der Waals surface area contributed by atoms with Gasteiger partial charge in [-0.25, -0.2) is 0 Å². The summed E-state index contributed by atoms with van der Waals surface area (Å²) in [6.07, 6.45) is 4.48. The van der Waals surface area contributed by atoms with Crippen LogP contribution >= 0.6 is 0 Å². The molecule has 0 spiro atoms. The molecule has 3 aliphatic heterocycles. The maximum atomic E-state index is 5.62. The van der Waals surface area contributed by atoms with Crippen molar-refractivity contribution in [1.82, 2.24) is 14.8 Å². The van der Waals surface area contributed by atoms with Gasteiger partial charge in [-0.3, -0.25) is 14.8 Å². The van der Waals surface area contributed by atoms with Crippen LogP contribution in [0, 0.1) is 5.92 Å². The number of nitrogens with zero attached hydrogens (tertiary/aromatic N) is 3. The van der Waals surface area contributed by atoms with E-state index in [9.17, 15) is 0 Å². The fourth-order valence-electron chi connectivity index (χ4n) is 4.61. The standard InChI is InChI=1S/C22H29N3O2/c1-26-21-7-5-8-22(27-2)20(21)16-25-13-17-9-10-19(25)15-24(12-17)14-18-6-3-4-11-23-18/h3-8,11,17,19H,9-10,12-16H2,1-2H3/t17-,19+/m0/s1. The molecule has 144 valence electrons. The molecule has 27 heavy (non-hydrogen) atoms. The minimum atomic E-state index is 0.571. The SMILES string of the molecule is COc1cccc(OC)c1CN1C[C@H]2CC[C@@H]1CN(Cc1ccccn1)C2. The van der Waals surface area contributed by atoms with Crippen molar-refractivity contribution in [2.75, 3.05) is 33.9 Å². The molecule has 1 aromatic heterocycles. The second-order valence-corrected chi connectivity index (χ2v) is 7.68.